The van der Waals surface area contributed by atoms with E-state index in [-0.39, 0.29) is 18.6 Å². The van der Waals surface area contributed by atoms with Crippen LogP contribution in [-0.2, 0) is 4.79 Å². The van der Waals surface area contributed by atoms with Gasteiger partial charge in [-0.1, -0.05) is 53.5 Å². The Hall–Kier alpha value is -1.75. The van der Waals surface area contributed by atoms with Crippen LogP contribution in [0.2, 0.25) is 10.0 Å². The fraction of sp³-hybridized carbons (Fsp3) is 0.278. The molecule has 128 valence electrons. The predicted octanol–water partition coefficient (Wildman–Crippen LogP) is 2.37. The van der Waals surface area contributed by atoms with Crippen LogP contribution in [0.4, 0.5) is 0 Å². The molecule has 0 aliphatic heterocycles. The number of amides is 1. The molecule has 0 unspecified atom stereocenters. The number of quaternary nitrogens is 1. The Kier molecular flexibility index (Phi) is 6.91. The van der Waals surface area contributed by atoms with Crippen LogP contribution in [0.5, 0.6) is 5.75 Å². The first-order chi connectivity index (χ1) is 11.5. The van der Waals surface area contributed by atoms with Crippen LogP contribution in [0.1, 0.15) is 11.6 Å². The summed E-state index contributed by atoms with van der Waals surface area (Å²) in [5.74, 6) is 0.199. The molecule has 4 nitrogen and oxygen atoms in total. The molecule has 0 saturated carbocycles. The van der Waals surface area contributed by atoms with Gasteiger partial charge in [-0.15, -0.1) is 0 Å². The van der Waals surface area contributed by atoms with Crippen LogP contribution in [0.3, 0.4) is 0 Å². The summed E-state index contributed by atoms with van der Waals surface area (Å²) in [4.78, 5) is 13.3. The Morgan fingerprint density at radius 1 is 1.17 bits per heavy atom. The van der Waals surface area contributed by atoms with Gasteiger partial charge in [0.25, 0.3) is 5.91 Å². The van der Waals surface area contributed by atoms with Crippen molar-refractivity contribution in [2.45, 2.75) is 6.04 Å². The summed E-state index contributed by atoms with van der Waals surface area (Å²) in [6.45, 7) is 0.419. The molecule has 0 heterocycles. The second-order valence-electron chi connectivity index (χ2n) is 5.71. The fourth-order valence-corrected chi connectivity index (χ4v) is 2.67. The van der Waals surface area contributed by atoms with Gasteiger partial charge in [0.2, 0.25) is 0 Å². The van der Waals surface area contributed by atoms with E-state index in [1.807, 2.05) is 18.2 Å². The second-order valence-corrected chi connectivity index (χ2v) is 6.55. The Bertz CT molecular complexity index is 678. The molecule has 0 fully saturated rings. The number of ether oxygens (including phenoxy) is 1. The molecule has 0 aliphatic rings. The minimum absolute atomic E-state index is 0.107. The van der Waals surface area contributed by atoms with Crippen LogP contribution >= 0.6 is 23.2 Å². The normalized spacial score (nSPS) is 12.0. The van der Waals surface area contributed by atoms with E-state index < -0.39 is 0 Å². The van der Waals surface area contributed by atoms with Gasteiger partial charge in [0.15, 0.2) is 6.61 Å². The average molecular weight is 368 g/mol. The van der Waals surface area contributed by atoms with Gasteiger partial charge in [-0.25, -0.2) is 0 Å². The molecular weight excluding hydrogens is 347 g/mol. The minimum Gasteiger partial charge on any atom is -0.482 e. The molecule has 0 aliphatic carbocycles. The van der Waals surface area contributed by atoms with E-state index in [1.165, 1.54) is 10.5 Å². The average Bonchev–Trinajstić information content (AvgIpc) is 2.56. The van der Waals surface area contributed by atoms with E-state index >= 15 is 0 Å². The van der Waals surface area contributed by atoms with Crippen molar-refractivity contribution < 1.29 is 14.4 Å². The molecule has 1 atom stereocenters. The Morgan fingerprint density at radius 3 is 2.54 bits per heavy atom. The maximum absolute atomic E-state index is 12.0. The molecule has 0 saturated heterocycles. The van der Waals surface area contributed by atoms with Crippen molar-refractivity contribution in [3.8, 4) is 5.75 Å². The molecule has 0 spiro atoms. The summed E-state index contributed by atoms with van der Waals surface area (Å²) in [5.41, 5.74) is 1.18. The fourth-order valence-electron chi connectivity index (χ4n) is 2.34. The predicted molar refractivity (Wildman–Crippen MR) is 97.0 cm³/mol. The highest BCUT2D eigenvalue weighted by Crippen LogP contribution is 2.27. The summed E-state index contributed by atoms with van der Waals surface area (Å²) in [7, 11) is 4.12. The lowest BCUT2D eigenvalue weighted by molar-refractivity contribution is -0.890. The number of hydrogen-bond donors (Lipinski definition) is 2. The number of carbonyl (C=O) groups is 1. The van der Waals surface area contributed by atoms with Crippen molar-refractivity contribution in [2.24, 2.45) is 0 Å². The number of halogens is 2. The molecular formula is C18H21Cl2N2O2+. The van der Waals surface area contributed by atoms with Crippen LogP contribution in [0.25, 0.3) is 0 Å². The highest BCUT2D eigenvalue weighted by molar-refractivity contribution is 6.34. The monoisotopic (exact) mass is 367 g/mol. The molecule has 2 aromatic carbocycles. The van der Waals surface area contributed by atoms with E-state index in [2.05, 4.69) is 31.5 Å². The molecule has 2 N–H and O–H groups in total. The van der Waals surface area contributed by atoms with Crippen LogP contribution < -0.4 is 15.0 Å². The lowest BCUT2D eigenvalue weighted by atomic mass is 10.1. The molecule has 6 heteroatoms. The number of benzene rings is 2. The maximum Gasteiger partial charge on any atom is 0.258 e. The van der Waals surface area contributed by atoms with Crippen molar-refractivity contribution in [2.75, 3.05) is 27.2 Å². The zero-order valence-electron chi connectivity index (χ0n) is 13.7. The van der Waals surface area contributed by atoms with Crippen molar-refractivity contribution in [1.29, 1.82) is 0 Å². The van der Waals surface area contributed by atoms with Crippen molar-refractivity contribution in [1.82, 2.24) is 5.32 Å². The first-order valence-electron chi connectivity index (χ1n) is 7.67. The van der Waals surface area contributed by atoms with E-state index in [9.17, 15) is 4.79 Å². The first-order valence-corrected chi connectivity index (χ1v) is 8.42. The standard InChI is InChI=1S/C18H20Cl2N2O2/c1-22(2)16(13-6-4-3-5-7-13)11-21-18(23)12-24-17-10-14(19)8-9-15(17)20/h3-10,16H,11-12H2,1-2H3,(H,21,23)/p+1/t16-/m1/s1. The highest BCUT2D eigenvalue weighted by atomic mass is 35.5. The Morgan fingerprint density at radius 2 is 1.88 bits per heavy atom. The van der Waals surface area contributed by atoms with Crippen molar-refractivity contribution in [3.05, 3.63) is 64.1 Å². The third-order valence-corrected chi connectivity index (χ3v) is 4.20. The minimum atomic E-state index is -0.201. The molecule has 2 aromatic rings. The molecule has 0 radical (unpaired) electrons. The molecule has 1 amide bonds. The molecule has 24 heavy (non-hydrogen) atoms. The number of rotatable bonds is 7. The van der Waals surface area contributed by atoms with Crippen LogP contribution in [-0.4, -0.2) is 33.2 Å². The van der Waals surface area contributed by atoms with Gasteiger partial charge in [-0.05, 0) is 12.1 Å². The zero-order valence-corrected chi connectivity index (χ0v) is 15.2. The van der Waals surface area contributed by atoms with Crippen molar-refractivity contribution in [3.63, 3.8) is 0 Å². The van der Waals surface area contributed by atoms with Crippen LogP contribution in [0.15, 0.2) is 48.5 Å². The summed E-state index contributed by atoms with van der Waals surface area (Å²) in [6.07, 6.45) is 0. The number of hydrogen-bond acceptors (Lipinski definition) is 2. The summed E-state index contributed by atoms with van der Waals surface area (Å²) >= 11 is 11.9. The van der Waals surface area contributed by atoms with Gasteiger partial charge in [-0.3, -0.25) is 4.79 Å². The Balaban J connectivity index is 1.88. The first kappa shape index (κ1) is 18.6. The zero-order chi connectivity index (χ0) is 17.5. The van der Waals surface area contributed by atoms with Gasteiger partial charge in [0, 0.05) is 16.7 Å². The van der Waals surface area contributed by atoms with Gasteiger partial charge >= 0.3 is 0 Å². The smallest absolute Gasteiger partial charge is 0.258 e. The highest BCUT2D eigenvalue weighted by Gasteiger charge is 2.18. The van der Waals surface area contributed by atoms with Gasteiger partial charge in [0.1, 0.15) is 11.8 Å². The van der Waals surface area contributed by atoms with E-state index in [0.29, 0.717) is 22.3 Å². The van der Waals surface area contributed by atoms with E-state index in [4.69, 9.17) is 27.9 Å². The largest absolute Gasteiger partial charge is 0.482 e. The third-order valence-electron chi connectivity index (χ3n) is 3.65. The topological polar surface area (TPSA) is 42.8 Å². The van der Waals surface area contributed by atoms with E-state index in [1.54, 1.807) is 18.2 Å². The summed E-state index contributed by atoms with van der Waals surface area (Å²) in [5, 5.41) is 3.84. The Labute approximate surface area is 152 Å². The van der Waals surface area contributed by atoms with Gasteiger partial charge < -0.3 is 15.0 Å². The summed E-state index contributed by atoms with van der Waals surface area (Å²) in [6, 6.07) is 15.2. The van der Waals surface area contributed by atoms with Gasteiger partial charge in [-0.2, -0.15) is 0 Å². The lowest BCUT2D eigenvalue weighted by Crippen LogP contribution is -3.07. The van der Waals surface area contributed by atoms with Crippen LogP contribution in [0, 0.1) is 0 Å². The molecule has 2 rings (SSSR count). The SMILES string of the molecule is C[NH+](C)[C@H](CNC(=O)COc1cc(Cl)ccc1Cl)c1ccccc1. The lowest BCUT2D eigenvalue weighted by Gasteiger charge is -2.22. The van der Waals surface area contributed by atoms with E-state index in [0.717, 1.165) is 0 Å². The summed E-state index contributed by atoms with van der Waals surface area (Å²) < 4.78 is 5.44. The third kappa shape index (κ3) is 5.41. The molecule has 0 aromatic heterocycles. The quantitative estimate of drug-likeness (QED) is 0.788. The maximum atomic E-state index is 12.0. The van der Waals surface area contributed by atoms with Gasteiger partial charge in [0.05, 0.1) is 25.7 Å². The number of likely N-dealkylation sites (N-methyl/N-ethyl adjacent to an activating group) is 1. The molecule has 0 bridgehead atoms. The van der Waals surface area contributed by atoms with Crippen molar-refractivity contribution >= 4 is 29.1 Å². The number of nitrogens with one attached hydrogen (secondary N) is 2. The number of carbonyl (C=O) groups excluding carboxylic acids is 1. The second kappa shape index (κ2) is 8.92.